The van der Waals surface area contributed by atoms with E-state index in [-0.39, 0.29) is 11.9 Å². The van der Waals surface area contributed by atoms with Gasteiger partial charge in [0.15, 0.2) is 0 Å². The molecule has 1 fully saturated rings. The largest absolute Gasteiger partial charge is 0.381 e. The van der Waals surface area contributed by atoms with Crippen molar-refractivity contribution in [1.29, 1.82) is 0 Å². The first-order valence-electron chi connectivity index (χ1n) is 9.52. The number of amides is 1. The SMILES string of the molecule is Cc1cnc(C(=O)NC2CCOCC2)cc1Cc1ccc(-c2nccs2)cc1. The molecule has 5 nitrogen and oxygen atoms in total. The molecule has 144 valence electrons. The molecular weight excluding hydrogens is 370 g/mol. The van der Waals surface area contributed by atoms with E-state index < -0.39 is 0 Å². The van der Waals surface area contributed by atoms with Crippen LogP contribution in [-0.4, -0.2) is 35.1 Å². The monoisotopic (exact) mass is 393 g/mol. The Hall–Kier alpha value is -2.57. The van der Waals surface area contributed by atoms with E-state index in [0.717, 1.165) is 41.0 Å². The number of pyridine rings is 1. The topological polar surface area (TPSA) is 64.1 Å². The van der Waals surface area contributed by atoms with Crippen LogP contribution in [0.15, 0.2) is 48.1 Å². The molecule has 3 heterocycles. The Labute approximate surface area is 168 Å². The quantitative estimate of drug-likeness (QED) is 0.711. The number of rotatable bonds is 5. The summed E-state index contributed by atoms with van der Waals surface area (Å²) in [5, 5.41) is 6.09. The van der Waals surface area contributed by atoms with Crippen molar-refractivity contribution in [3.05, 3.63) is 70.5 Å². The Morgan fingerprint density at radius 1 is 1.21 bits per heavy atom. The highest BCUT2D eigenvalue weighted by molar-refractivity contribution is 7.13. The van der Waals surface area contributed by atoms with Gasteiger partial charge in [0.2, 0.25) is 0 Å². The van der Waals surface area contributed by atoms with Crippen molar-refractivity contribution in [1.82, 2.24) is 15.3 Å². The number of benzene rings is 1. The number of thiazole rings is 1. The van der Waals surface area contributed by atoms with Crippen LogP contribution in [0, 0.1) is 6.92 Å². The number of hydrogen-bond acceptors (Lipinski definition) is 5. The molecule has 1 N–H and O–H groups in total. The van der Waals surface area contributed by atoms with E-state index in [9.17, 15) is 4.79 Å². The van der Waals surface area contributed by atoms with Gasteiger partial charge >= 0.3 is 0 Å². The molecule has 3 aromatic rings. The summed E-state index contributed by atoms with van der Waals surface area (Å²) in [6.45, 7) is 3.44. The lowest BCUT2D eigenvalue weighted by Crippen LogP contribution is -2.39. The Balaban J connectivity index is 1.47. The fourth-order valence-electron chi connectivity index (χ4n) is 3.33. The smallest absolute Gasteiger partial charge is 0.270 e. The third-order valence-electron chi connectivity index (χ3n) is 5.03. The fourth-order valence-corrected chi connectivity index (χ4v) is 3.98. The number of aryl methyl sites for hydroxylation is 1. The van der Waals surface area contributed by atoms with Crippen LogP contribution in [0.2, 0.25) is 0 Å². The van der Waals surface area contributed by atoms with Gasteiger partial charge in [-0.25, -0.2) is 4.98 Å². The van der Waals surface area contributed by atoms with Gasteiger partial charge in [-0.05, 0) is 48.9 Å². The maximum Gasteiger partial charge on any atom is 0.270 e. The number of ether oxygens (including phenoxy) is 1. The molecule has 1 aliphatic rings. The van der Waals surface area contributed by atoms with Gasteiger partial charge in [-0.3, -0.25) is 9.78 Å². The molecular formula is C22H23N3O2S. The predicted octanol–water partition coefficient (Wildman–Crippen LogP) is 4.01. The van der Waals surface area contributed by atoms with Crippen molar-refractivity contribution < 1.29 is 9.53 Å². The summed E-state index contributed by atoms with van der Waals surface area (Å²) in [7, 11) is 0. The average molecular weight is 394 g/mol. The maximum atomic E-state index is 12.6. The third-order valence-corrected chi connectivity index (χ3v) is 5.85. The minimum absolute atomic E-state index is 0.104. The summed E-state index contributed by atoms with van der Waals surface area (Å²) in [4.78, 5) is 21.3. The summed E-state index contributed by atoms with van der Waals surface area (Å²) >= 11 is 1.64. The van der Waals surface area contributed by atoms with E-state index in [1.807, 2.05) is 24.6 Å². The van der Waals surface area contributed by atoms with Crippen molar-refractivity contribution in [2.45, 2.75) is 32.2 Å². The van der Waals surface area contributed by atoms with Crippen molar-refractivity contribution in [2.75, 3.05) is 13.2 Å². The number of carbonyl (C=O) groups excluding carboxylic acids is 1. The molecule has 0 saturated carbocycles. The summed E-state index contributed by atoms with van der Waals surface area (Å²) in [5.41, 5.74) is 5.01. The molecule has 0 atom stereocenters. The highest BCUT2D eigenvalue weighted by Crippen LogP contribution is 2.23. The zero-order valence-corrected chi connectivity index (χ0v) is 16.7. The van der Waals surface area contributed by atoms with Gasteiger partial charge < -0.3 is 10.1 Å². The minimum Gasteiger partial charge on any atom is -0.381 e. The Morgan fingerprint density at radius 2 is 2.00 bits per heavy atom. The summed E-state index contributed by atoms with van der Waals surface area (Å²) in [5.74, 6) is -0.104. The van der Waals surface area contributed by atoms with Gasteiger partial charge in [0.25, 0.3) is 5.91 Å². The molecule has 1 aliphatic heterocycles. The number of hydrogen-bond donors (Lipinski definition) is 1. The molecule has 1 saturated heterocycles. The molecule has 1 amide bonds. The zero-order chi connectivity index (χ0) is 19.3. The second kappa shape index (κ2) is 8.63. The Kier molecular flexibility index (Phi) is 5.78. The van der Waals surface area contributed by atoms with Gasteiger partial charge in [-0.15, -0.1) is 11.3 Å². The summed E-state index contributed by atoms with van der Waals surface area (Å²) in [6.07, 6.45) is 6.09. The molecule has 28 heavy (non-hydrogen) atoms. The summed E-state index contributed by atoms with van der Waals surface area (Å²) < 4.78 is 5.35. The van der Waals surface area contributed by atoms with Crippen molar-refractivity contribution in [3.8, 4) is 10.6 Å². The number of nitrogens with zero attached hydrogens (tertiary/aromatic N) is 2. The fraction of sp³-hybridized carbons (Fsp3) is 0.318. The Morgan fingerprint density at radius 3 is 2.71 bits per heavy atom. The predicted molar refractivity (Wildman–Crippen MR) is 111 cm³/mol. The van der Waals surface area contributed by atoms with E-state index in [0.29, 0.717) is 18.9 Å². The van der Waals surface area contributed by atoms with Gasteiger partial charge in [0.1, 0.15) is 10.7 Å². The number of aromatic nitrogens is 2. The normalized spacial score (nSPS) is 14.8. The van der Waals surface area contributed by atoms with Crippen LogP contribution in [0.4, 0.5) is 0 Å². The van der Waals surface area contributed by atoms with Crippen molar-refractivity contribution >= 4 is 17.2 Å². The molecule has 0 unspecified atom stereocenters. The van der Waals surface area contributed by atoms with Crippen molar-refractivity contribution in [3.63, 3.8) is 0 Å². The first-order valence-corrected chi connectivity index (χ1v) is 10.4. The molecule has 0 bridgehead atoms. The lowest BCUT2D eigenvalue weighted by Gasteiger charge is -2.23. The molecule has 0 aliphatic carbocycles. The Bertz CT molecular complexity index is 933. The van der Waals surface area contributed by atoms with E-state index in [4.69, 9.17) is 4.74 Å². The second-order valence-electron chi connectivity index (χ2n) is 7.07. The third kappa shape index (κ3) is 4.46. The highest BCUT2D eigenvalue weighted by Gasteiger charge is 2.18. The summed E-state index contributed by atoms with van der Waals surface area (Å²) in [6, 6.07) is 10.5. The molecule has 0 spiro atoms. The van der Waals surface area contributed by atoms with E-state index >= 15 is 0 Å². The van der Waals surface area contributed by atoms with Gasteiger partial charge in [-0.1, -0.05) is 24.3 Å². The second-order valence-corrected chi connectivity index (χ2v) is 7.96. The standard InChI is InChI=1S/C22H23N3O2S/c1-15-14-24-20(21(26)25-19-6-9-27-10-7-19)13-18(15)12-16-2-4-17(5-3-16)22-23-8-11-28-22/h2-5,8,11,13-14,19H,6-7,9-10,12H2,1H3,(H,25,26). The van der Waals surface area contributed by atoms with Crippen LogP contribution in [-0.2, 0) is 11.2 Å². The van der Waals surface area contributed by atoms with E-state index in [1.54, 1.807) is 17.5 Å². The van der Waals surface area contributed by atoms with Crippen LogP contribution in [0.3, 0.4) is 0 Å². The lowest BCUT2D eigenvalue weighted by molar-refractivity contribution is 0.0694. The minimum atomic E-state index is -0.104. The lowest BCUT2D eigenvalue weighted by atomic mass is 10.00. The van der Waals surface area contributed by atoms with Crippen LogP contribution in [0.5, 0.6) is 0 Å². The van der Waals surface area contributed by atoms with Gasteiger partial charge in [0, 0.05) is 42.6 Å². The molecule has 0 radical (unpaired) electrons. The first-order chi connectivity index (χ1) is 13.7. The van der Waals surface area contributed by atoms with Gasteiger partial charge in [-0.2, -0.15) is 0 Å². The van der Waals surface area contributed by atoms with E-state index in [1.165, 1.54) is 5.56 Å². The van der Waals surface area contributed by atoms with Crippen molar-refractivity contribution in [2.24, 2.45) is 0 Å². The molecule has 2 aromatic heterocycles. The zero-order valence-electron chi connectivity index (χ0n) is 15.9. The maximum absolute atomic E-state index is 12.6. The first kappa shape index (κ1) is 18.8. The average Bonchev–Trinajstić information content (AvgIpc) is 3.26. The number of nitrogens with one attached hydrogen (secondary N) is 1. The van der Waals surface area contributed by atoms with Crippen LogP contribution >= 0.6 is 11.3 Å². The molecule has 6 heteroatoms. The van der Waals surface area contributed by atoms with E-state index in [2.05, 4.69) is 39.6 Å². The highest BCUT2D eigenvalue weighted by atomic mass is 32.1. The molecule has 4 rings (SSSR count). The van der Waals surface area contributed by atoms with Crippen LogP contribution < -0.4 is 5.32 Å². The molecule has 1 aromatic carbocycles. The number of carbonyl (C=O) groups is 1. The van der Waals surface area contributed by atoms with Gasteiger partial charge in [0.05, 0.1) is 0 Å². The van der Waals surface area contributed by atoms with Crippen LogP contribution in [0.25, 0.3) is 10.6 Å². The van der Waals surface area contributed by atoms with Crippen LogP contribution in [0.1, 0.15) is 40.0 Å².